The van der Waals surface area contributed by atoms with Crippen molar-refractivity contribution in [3.63, 3.8) is 0 Å². The molecule has 1 rings (SSSR count). The molecule has 0 aromatic rings. The van der Waals surface area contributed by atoms with Crippen molar-refractivity contribution in [2.24, 2.45) is 0 Å². The van der Waals surface area contributed by atoms with E-state index in [4.69, 9.17) is 4.74 Å². The summed E-state index contributed by atoms with van der Waals surface area (Å²) in [4.78, 5) is 2.52. The number of nitrogens with one attached hydrogen (secondary N) is 1. The van der Waals surface area contributed by atoms with Crippen molar-refractivity contribution in [2.45, 2.75) is 70.4 Å². The molecule has 1 unspecified atom stereocenters. The molecular formula is C17H36N2O2. The lowest BCUT2D eigenvalue weighted by molar-refractivity contribution is 0.0359. The van der Waals surface area contributed by atoms with E-state index in [-0.39, 0.29) is 6.10 Å². The Bertz CT molecular complexity index is 233. The van der Waals surface area contributed by atoms with Crippen LogP contribution in [0.15, 0.2) is 0 Å². The summed E-state index contributed by atoms with van der Waals surface area (Å²) in [6.45, 7) is 6.13. The van der Waals surface area contributed by atoms with Gasteiger partial charge < -0.3 is 20.1 Å². The monoisotopic (exact) mass is 300 g/mol. The van der Waals surface area contributed by atoms with Crippen LogP contribution in [0, 0.1) is 0 Å². The van der Waals surface area contributed by atoms with Gasteiger partial charge in [0.25, 0.3) is 0 Å². The topological polar surface area (TPSA) is 44.7 Å². The molecule has 1 saturated carbocycles. The zero-order valence-corrected chi connectivity index (χ0v) is 14.1. The molecule has 4 nitrogen and oxygen atoms in total. The zero-order valence-electron chi connectivity index (χ0n) is 14.1. The van der Waals surface area contributed by atoms with Crippen LogP contribution in [0.1, 0.15) is 58.3 Å². The Labute approximate surface area is 131 Å². The van der Waals surface area contributed by atoms with Crippen LogP contribution in [0.4, 0.5) is 0 Å². The van der Waals surface area contributed by atoms with Gasteiger partial charge in [-0.1, -0.05) is 32.6 Å². The zero-order chi connectivity index (χ0) is 15.3. The molecule has 1 atom stereocenters. The third-order valence-electron chi connectivity index (χ3n) is 4.39. The molecule has 126 valence electrons. The second kappa shape index (κ2) is 12.4. The number of aliphatic hydroxyl groups is 1. The summed E-state index contributed by atoms with van der Waals surface area (Å²) in [5, 5.41) is 13.1. The summed E-state index contributed by atoms with van der Waals surface area (Å²) in [6.07, 6.45) is 9.96. The first-order chi connectivity index (χ1) is 10.2. The molecule has 0 aromatic carbocycles. The van der Waals surface area contributed by atoms with Gasteiger partial charge in [0.2, 0.25) is 0 Å². The van der Waals surface area contributed by atoms with Crippen LogP contribution in [-0.4, -0.2) is 62.0 Å². The van der Waals surface area contributed by atoms with Crippen LogP contribution in [-0.2, 0) is 4.74 Å². The number of rotatable bonds is 12. The number of hydrogen-bond donors (Lipinski definition) is 2. The lowest BCUT2D eigenvalue weighted by Gasteiger charge is -2.31. The van der Waals surface area contributed by atoms with Gasteiger partial charge in [-0.2, -0.15) is 0 Å². The van der Waals surface area contributed by atoms with Crippen molar-refractivity contribution in [3.8, 4) is 0 Å². The Hall–Kier alpha value is -0.160. The molecule has 0 amide bonds. The molecular weight excluding hydrogens is 264 g/mol. The Balaban J connectivity index is 1.91. The first-order valence-electron chi connectivity index (χ1n) is 8.90. The van der Waals surface area contributed by atoms with Gasteiger partial charge in [0.15, 0.2) is 0 Å². The van der Waals surface area contributed by atoms with Crippen LogP contribution in [0.2, 0.25) is 0 Å². The summed E-state index contributed by atoms with van der Waals surface area (Å²) in [7, 11) is 2.26. The van der Waals surface area contributed by atoms with Gasteiger partial charge in [-0.3, -0.25) is 0 Å². The summed E-state index contributed by atoms with van der Waals surface area (Å²) in [6, 6.07) is 0.802. The fourth-order valence-corrected chi connectivity index (χ4v) is 2.95. The molecule has 0 aliphatic heterocycles. The van der Waals surface area contributed by atoms with E-state index in [0.29, 0.717) is 13.2 Å². The highest BCUT2D eigenvalue weighted by Crippen LogP contribution is 2.21. The fourth-order valence-electron chi connectivity index (χ4n) is 2.95. The van der Waals surface area contributed by atoms with Gasteiger partial charge in [0.1, 0.15) is 0 Å². The molecule has 0 spiro atoms. The summed E-state index contributed by atoms with van der Waals surface area (Å²) in [5.41, 5.74) is 0. The number of unbranched alkanes of at least 4 members (excludes halogenated alkanes) is 1. The number of aliphatic hydroxyl groups excluding tert-OH is 1. The standard InChI is InChI=1S/C17H36N2O2/c1-3-4-13-21-15-17(20)14-18-11-8-12-19(2)16-9-6-5-7-10-16/h16-18,20H,3-15H2,1-2H3. The van der Waals surface area contributed by atoms with Crippen LogP contribution >= 0.6 is 0 Å². The minimum atomic E-state index is -0.377. The first kappa shape index (κ1) is 18.9. The lowest BCUT2D eigenvalue weighted by atomic mass is 9.94. The highest BCUT2D eigenvalue weighted by Gasteiger charge is 2.17. The number of nitrogens with zero attached hydrogens (tertiary/aromatic N) is 1. The largest absolute Gasteiger partial charge is 0.389 e. The molecule has 1 aliphatic carbocycles. The van der Waals surface area contributed by atoms with E-state index in [1.165, 1.54) is 32.1 Å². The molecule has 2 N–H and O–H groups in total. The summed E-state index contributed by atoms with van der Waals surface area (Å²) < 4.78 is 5.41. The smallest absolute Gasteiger partial charge is 0.0897 e. The normalized spacial score (nSPS) is 18.3. The van der Waals surface area contributed by atoms with Crippen molar-refractivity contribution < 1.29 is 9.84 Å². The van der Waals surface area contributed by atoms with E-state index in [9.17, 15) is 5.11 Å². The minimum absolute atomic E-state index is 0.377. The number of ether oxygens (including phenoxy) is 1. The highest BCUT2D eigenvalue weighted by molar-refractivity contribution is 4.73. The maximum absolute atomic E-state index is 9.76. The van der Waals surface area contributed by atoms with E-state index in [1.54, 1.807) is 0 Å². The van der Waals surface area contributed by atoms with E-state index >= 15 is 0 Å². The van der Waals surface area contributed by atoms with E-state index < -0.39 is 0 Å². The SMILES string of the molecule is CCCCOCC(O)CNCCCN(C)C1CCCCC1. The average Bonchev–Trinajstić information content (AvgIpc) is 2.52. The molecule has 21 heavy (non-hydrogen) atoms. The quantitative estimate of drug-likeness (QED) is 0.543. The Morgan fingerprint density at radius 3 is 2.71 bits per heavy atom. The minimum Gasteiger partial charge on any atom is -0.389 e. The number of hydrogen-bond acceptors (Lipinski definition) is 4. The Morgan fingerprint density at radius 1 is 1.24 bits per heavy atom. The lowest BCUT2D eigenvalue weighted by Crippen LogP contribution is -2.36. The molecule has 0 radical (unpaired) electrons. The second-order valence-corrected chi connectivity index (χ2v) is 6.41. The molecule has 0 aromatic heterocycles. The van der Waals surface area contributed by atoms with Crippen LogP contribution in [0.3, 0.4) is 0 Å². The van der Waals surface area contributed by atoms with Gasteiger partial charge >= 0.3 is 0 Å². The Morgan fingerprint density at radius 2 is 2.00 bits per heavy atom. The van der Waals surface area contributed by atoms with E-state index in [0.717, 1.165) is 45.0 Å². The highest BCUT2D eigenvalue weighted by atomic mass is 16.5. The maximum atomic E-state index is 9.76. The van der Waals surface area contributed by atoms with Crippen molar-refractivity contribution in [2.75, 3.05) is 39.9 Å². The van der Waals surface area contributed by atoms with Gasteiger partial charge in [0.05, 0.1) is 12.7 Å². The first-order valence-corrected chi connectivity index (χ1v) is 8.90. The molecule has 1 aliphatic rings. The summed E-state index contributed by atoms with van der Waals surface area (Å²) in [5.74, 6) is 0. The van der Waals surface area contributed by atoms with Crippen LogP contribution in [0.25, 0.3) is 0 Å². The molecule has 0 heterocycles. The molecule has 0 saturated heterocycles. The second-order valence-electron chi connectivity index (χ2n) is 6.41. The molecule has 0 bridgehead atoms. The third kappa shape index (κ3) is 9.46. The van der Waals surface area contributed by atoms with Crippen molar-refractivity contribution in [1.29, 1.82) is 0 Å². The Kier molecular flexibility index (Phi) is 11.1. The predicted molar refractivity (Wildman–Crippen MR) is 88.7 cm³/mol. The van der Waals surface area contributed by atoms with Crippen molar-refractivity contribution in [3.05, 3.63) is 0 Å². The van der Waals surface area contributed by atoms with Gasteiger partial charge in [-0.05, 0) is 45.8 Å². The van der Waals surface area contributed by atoms with Gasteiger partial charge in [0, 0.05) is 19.2 Å². The fraction of sp³-hybridized carbons (Fsp3) is 1.00. The van der Waals surface area contributed by atoms with Gasteiger partial charge in [-0.25, -0.2) is 0 Å². The van der Waals surface area contributed by atoms with E-state index in [2.05, 4.69) is 24.2 Å². The average molecular weight is 300 g/mol. The molecule has 4 heteroatoms. The van der Waals surface area contributed by atoms with E-state index in [1.807, 2.05) is 0 Å². The molecule has 1 fully saturated rings. The maximum Gasteiger partial charge on any atom is 0.0897 e. The van der Waals surface area contributed by atoms with Crippen molar-refractivity contribution in [1.82, 2.24) is 10.2 Å². The van der Waals surface area contributed by atoms with Crippen LogP contribution < -0.4 is 5.32 Å². The summed E-state index contributed by atoms with van der Waals surface area (Å²) >= 11 is 0. The predicted octanol–water partition coefficient (Wildman–Crippen LogP) is 2.41. The third-order valence-corrected chi connectivity index (χ3v) is 4.39. The van der Waals surface area contributed by atoms with Gasteiger partial charge in [-0.15, -0.1) is 0 Å². The van der Waals surface area contributed by atoms with Crippen molar-refractivity contribution >= 4 is 0 Å². The van der Waals surface area contributed by atoms with Crippen LogP contribution in [0.5, 0.6) is 0 Å².